The summed E-state index contributed by atoms with van der Waals surface area (Å²) in [6, 6.07) is 2.99. The Morgan fingerprint density at radius 2 is 1.07 bits per heavy atom. The number of nitrogens with zero attached hydrogens (tertiary/aromatic N) is 6. The molecule has 2 saturated heterocycles. The van der Waals surface area contributed by atoms with E-state index in [0.29, 0.717) is 51.4 Å². The number of fused-ring (bicyclic) bond motifs is 2. The molecule has 0 unspecified atom stereocenters. The smallest absolute Gasteiger partial charge is 0.383 e. The Kier molecular flexibility index (Phi) is 15.8. The number of likely N-dealkylation sites (tertiary alicyclic amines) is 2. The monoisotopic (exact) mass is 1510 g/mol. The zero-order valence-corrected chi connectivity index (χ0v) is 56.7. The molecule has 2 fully saturated rings. The van der Waals surface area contributed by atoms with Crippen LogP contribution in [0.25, 0.3) is 44.1 Å². The molecule has 8 aromatic carbocycles. The Morgan fingerprint density at radius 1 is 0.533 bits per heavy atom. The van der Waals surface area contributed by atoms with Gasteiger partial charge in [-0.25, -0.2) is 17.6 Å². The van der Waals surface area contributed by atoms with Crippen molar-refractivity contribution in [1.82, 2.24) is 28.7 Å². The highest BCUT2D eigenvalue weighted by Crippen LogP contribution is 2.36. The van der Waals surface area contributed by atoms with Gasteiger partial charge in [-0.3, -0.25) is 19.2 Å². The quantitative estimate of drug-likeness (QED) is 0.0428. The Balaban J connectivity index is 0.000000265. The van der Waals surface area contributed by atoms with Crippen LogP contribution < -0.4 is 10.9 Å². The van der Waals surface area contributed by atoms with Gasteiger partial charge in [0, 0.05) is 129 Å². The molecule has 2 aromatic heterocycles. The molecule has 12 rings (SSSR count). The minimum atomic E-state index is -5.40. The van der Waals surface area contributed by atoms with Crippen molar-refractivity contribution in [1.29, 1.82) is 0 Å². The number of piperidine rings is 2. The van der Waals surface area contributed by atoms with Crippen LogP contribution in [0.3, 0.4) is 0 Å². The lowest BCUT2D eigenvalue weighted by Gasteiger charge is -2.39. The van der Waals surface area contributed by atoms with Gasteiger partial charge in [0.1, 0.15) is 13.1 Å². The predicted octanol–water partition coefficient (Wildman–Crippen LogP) is 17.1. The summed E-state index contributed by atoms with van der Waals surface area (Å²) < 4.78 is 391. The summed E-state index contributed by atoms with van der Waals surface area (Å²) in [5, 5.41) is -1.50. The molecule has 24 heteroatoms. The Morgan fingerprint density at radius 3 is 1.66 bits per heavy atom. The summed E-state index contributed by atoms with van der Waals surface area (Å²) >= 11 is 0.156. The second-order valence-corrected chi connectivity index (χ2v) is 25.5. The first-order valence-electron chi connectivity index (χ1n) is 46.4. The molecule has 2 aliphatic rings. The van der Waals surface area contributed by atoms with E-state index >= 15 is 9.18 Å². The fraction of sp³-hybridized carbons (Fsp3) is 0.309. The van der Waals surface area contributed by atoms with Crippen molar-refractivity contribution in [2.45, 2.75) is 105 Å². The van der Waals surface area contributed by atoms with Crippen molar-refractivity contribution in [3.8, 4) is 22.3 Å². The first-order chi connectivity index (χ1) is 61.9. The number of ether oxygens (including phenoxy) is 2. The Labute approximate surface area is 650 Å². The molecule has 550 valence electrons. The third kappa shape index (κ3) is 19.5. The maximum atomic E-state index is 15.5. The van der Waals surface area contributed by atoms with E-state index < -0.39 is 281 Å². The molecule has 0 bridgehead atoms. The van der Waals surface area contributed by atoms with E-state index in [2.05, 4.69) is 9.47 Å². The number of amides is 2. The summed E-state index contributed by atoms with van der Waals surface area (Å²) in [6.07, 6.45) is -9.54. The summed E-state index contributed by atoms with van der Waals surface area (Å²) in [5.74, 6) is -8.45. The zero-order valence-electron chi connectivity index (χ0n) is 84.0. The van der Waals surface area contributed by atoms with Crippen LogP contribution in [0.5, 0.6) is 0 Å². The molecule has 0 saturated carbocycles. The number of rotatable bonds is 24. The van der Waals surface area contributed by atoms with Crippen LogP contribution in [0.1, 0.15) is 104 Å². The number of hydrogen-bond acceptors (Lipinski definition) is 10. The lowest BCUT2D eigenvalue weighted by molar-refractivity contribution is -0.138. The lowest BCUT2D eigenvalue weighted by Crippen LogP contribution is -2.48. The Hall–Kier alpha value is -9.04. The van der Waals surface area contributed by atoms with Crippen molar-refractivity contribution in [3.05, 3.63) is 270 Å². The van der Waals surface area contributed by atoms with E-state index in [4.69, 9.17) is 39.8 Å². The van der Waals surface area contributed by atoms with E-state index in [0.717, 1.165) is 41.3 Å². The maximum absolute atomic E-state index is 15.5. The number of hydrogen-bond donors (Lipinski definition) is 0. The van der Waals surface area contributed by atoms with Crippen LogP contribution in [-0.2, 0) is 69.0 Å². The number of aromatic nitrogens is 2. The van der Waals surface area contributed by atoms with Gasteiger partial charge in [0.2, 0.25) is 11.8 Å². The van der Waals surface area contributed by atoms with Crippen molar-refractivity contribution in [3.63, 3.8) is 0 Å². The van der Waals surface area contributed by atoms with Crippen molar-refractivity contribution in [2.24, 2.45) is 0 Å². The van der Waals surface area contributed by atoms with E-state index in [-0.39, 0.29) is 79.8 Å². The minimum Gasteiger partial charge on any atom is -0.383 e. The molecule has 2 aliphatic heterocycles. The third-order valence-electron chi connectivity index (χ3n) is 17.1. The number of benzene rings is 8. The zero-order chi connectivity index (χ0) is 99.8. The maximum Gasteiger partial charge on any atom is 0.416 e. The first-order valence-corrected chi connectivity index (χ1v) is 33.5. The minimum absolute atomic E-state index is 0.0251. The van der Waals surface area contributed by atoms with Crippen LogP contribution >= 0.6 is 23.5 Å². The average molecular weight is 1510 g/mol. The molecule has 0 spiro atoms. The summed E-state index contributed by atoms with van der Waals surface area (Å²) in [5.41, 5.74) is -14.3. The highest BCUT2D eigenvalue weighted by atomic mass is 32.2. The number of carbonyl (C=O) groups is 2. The molecular weight excluding hydrogens is 1410 g/mol. The summed E-state index contributed by atoms with van der Waals surface area (Å²) in [4.78, 5) is 62.8. The highest BCUT2D eigenvalue weighted by molar-refractivity contribution is 7.98. The largest absolute Gasteiger partial charge is 0.416 e. The molecule has 10 aromatic rings. The number of thioether (sulfide) groups is 2. The van der Waals surface area contributed by atoms with Crippen molar-refractivity contribution >= 4 is 57.1 Å². The van der Waals surface area contributed by atoms with Gasteiger partial charge in [0.15, 0.2) is 34.1 Å². The van der Waals surface area contributed by atoms with Crippen LogP contribution in [0, 0.1) is 30.2 Å². The van der Waals surface area contributed by atoms with Crippen LogP contribution in [0.2, 0.25) is 0 Å². The van der Waals surface area contributed by atoms with Crippen LogP contribution in [0.4, 0.5) is 43.9 Å². The van der Waals surface area contributed by atoms with Gasteiger partial charge >= 0.3 is 12.4 Å². The average Bonchev–Trinajstić information content (AvgIpc) is 0.726. The first kappa shape index (κ1) is 47.5. The summed E-state index contributed by atoms with van der Waals surface area (Å²) in [6.45, 7) is -7.34. The van der Waals surface area contributed by atoms with E-state index in [9.17, 15) is 53.9 Å². The van der Waals surface area contributed by atoms with Gasteiger partial charge in [-0.05, 0) is 127 Å². The number of methoxy groups -OCH3 is 2. The molecule has 0 aliphatic carbocycles. The number of carbonyl (C=O) groups excluding carboxylic acids is 2. The SMILES string of the molecule is [2H]C([2H])([2H])OC([2H])([2H])CN1CCC(N(Cc2ccc(-c3ccc(C(F)(F)F)cc3)cc2)C(=O)Cn2c(SC([2H])([2H])c3cccc(F)c3F)cc(=O)c3ccccc32)CC1.[2H]c1c([2H])c(F)c(F)c(C([2H])([2H])Sc2c([2H])c(=O)c3c([2H])c(C)c([2H])c([2H])c3n2CC(=O)N(Cc2c([2H])c([2H])c(-c3c([2H])c([2H])c(C(F)(F)F)c([2H])c3[2H])c([2H])c2[2H])C2CCN(CC([2H])([2H])OC([2H])([2H])[2H])CC2)c1[2H]. The van der Waals surface area contributed by atoms with Crippen molar-refractivity contribution < 1.29 is 103 Å². The molecule has 4 heterocycles. The lowest BCUT2D eigenvalue weighted by atomic mass is 10.00. The van der Waals surface area contributed by atoms with Crippen molar-refractivity contribution in [2.75, 3.05) is 66.5 Å². The second kappa shape index (κ2) is 34.9. The molecule has 0 radical (unpaired) electrons. The van der Waals surface area contributed by atoms with Crippen LogP contribution in [-0.4, -0.2) is 119 Å². The number of alkyl halides is 6. The fourth-order valence-corrected chi connectivity index (χ4v) is 13.2. The highest BCUT2D eigenvalue weighted by Gasteiger charge is 2.34. The Bertz CT molecular complexity index is 6280. The van der Waals surface area contributed by atoms with Gasteiger partial charge < -0.3 is 38.2 Å². The molecule has 2 amide bonds. The van der Waals surface area contributed by atoms with Gasteiger partial charge in [-0.15, -0.1) is 23.5 Å². The van der Waals surface area contributed by atoms with Gasteiger partial charge in [0.25, 0.3) is 0 Å². The normalized spacial score (nSPS) is 18.9. The van der Waals surface area contributed by atoms with E-state index in [1.54, 1.807) is 58.3 Å². The molecule has 12 nitrogen and oxygen atoms in total. The van der Waals surface area contributed by atoms with E-state index in [1.165, 1.54) is 28.5 Å². The number of halogens is 10. The summed E-state index contributed by atoms with van der Waals surface area (Å²) in [7, 11) is -6.12. The molecular formula is C81H78F10N6O6S2. The van der Waals surface area contributed by atoms with Gasteiger partial charge in [0.05, 0.1) is 79.6 Å². The van der Waals surface area contributed by atoms with Gasteiger partial charge in [-0.1, -0.05) is 121 Å². The standard InChI is InChI=1S/C41H40F5N3O3S.C40H38F5N3O3S/c1-27-6-15-36-34(22-27)37(50)23-39(53-26-31-4-3-5-35(42)40(31)43)49(36)25-38(51)48(33-16-18-47(19-17-33)20-21-52-2)24-28-7-9-29(10-8-28)30-11-13-32(14-12-30)41(44,45)46;1-51-22-21-46-19-17-32(18-20-46)47(24-27-9-11-28(12-10-27)29-13-15-31(16-14-29)40(43,44)45)37(50)25-48-35-8-3-2-6-33(35)36(49)23-38(48)52-26-30-5-4-7-34(41)39(30)42/h3-15,22-23,33H,16-21,24-26H2,1-2H3;2-16,23,32H,17-22,24-26H2,1H3/i2D3,3D,4D,5D,6D,7D,8D,9D,10D,11D,12D,13D,14D,15D,21D2,22D,23D,26D2;1D3,22D2,26D2. The predicted molar refractivity (Wildman–Crippen MR) is 391 cm³/mol. The number of pyridine rings is 2. The number of para-hydroxylation sites is 1. The second-order valence-electron chi connectivity index (χ2n) is 23.8. The van der Waals surface area contributed by atoms with Crippen LogP contribution in [0.15, 0.2) is 207 Å². The molecule has 0 N–H and O–H groups in total. The topological polar surface area (TPSA) is 110 Å². The van der Waals surface area contributed by atoms with Gasteiger partial charge in [-0.2, -0.15) is 26.3 Å². The third-order valence-corrected chi connectivity index (χ3v) is 18.8. The fourth-order valence-electron chi connectivity index (χ4n) is 11.7. The van der Waals surface area contributed by atoms with E-state index in [1.807, 2.05) is 0 Å². The molecule has 105 heavy (non-hydrogen) atoms. The molecule has 0 atom stereocenters.